The first-order valence-corrected chi connectivity index (χ1v) is 5.45. The number of rotatable bonds is 4. The number of hydrogen-bond donors (Lipinski definition) is 0. The lowest BCUT2D eigenvalue weighted by Crippen LogP contribution is -2.12. The van der Waals surface area contributed by atoms with Crippen LogP contribution in [0.25, 0.3) is 0 Å². The highest BCUT2D eigenvalue weighted by Gasteiger charge is 2.13. The average molecular weight is 196 g/mol. The minimum atomic E-state index is 0.179. The Labute approximate surface area is 83.8 Å². The number of hydrogen-bond acceptors (Lipinski definition) is 2. The van der Waals surface area contributed by atoms with Crippen LogP contribution in [0, 0.1) is 18.8 Å². The van der Waals surface area contributed by atoms with E-state index in [1.165, 1.54) is 9.75 Å². The Morgan fingerprint density at radius 3 is 2.54 bits per heavy atom. The third-order valence-corrected chi connectivity index (χ3v) is 3.29. The first-order chi connectivity index (χ1) is 6.13. The largest absolute Gasteiger partial charge is 0.303 e. The highest BCUT2D eigenvalue weighted by molar-refractivity contribution is 7.11. The molecule has 0 aliphatic rings. The van der Waals surface area contributed by atoms with E-state index >= 15 is 0 Å². The Morgan fingerprint density at radius 1 is 1.46 bits per heavy atom. The summed E-state index contributed by atoms with van der Waals surface area (Å²) in [6.45, 7) is 6.29. The molecule has 1 aromatic heterocycles. The van der Waals surface area contributed by atoms with E-state index in [9.17, 15) is 4.79 Å². The summed E-state index contributed by atoms with van der Waals surface area (Å²) in [5, 5.41) is 0. The van der Waals surface area contributed by atoms with Crippen LogP contribution in [-0.4, -0.2) is 6.29 Å². The van der Waals surface area contributed by atoms with Crippen LogP contribution in [0.15, 0.2) is 12.1 Å². The van der Waals surface area contributed by atoms with Crippen LogP contribution in [0.1, 0.15) is 23.6 Å². The molecular formula is C11H16OS. The molecule has 0 aromatic carbocycles. The Balaban J connectivity index is 2.61. The molecule has 1 atom stereocenters. The minimum absolute atomic E-state index is 0.179. The highest BCUT2D eigenvalue weighted by atomic mass is 32.1. The second-order valence-electron chi connectivity index (χ2n) is 3.76. The number of carbonyl (C=O) groups excluding carboxylic acids is 1. The van der Waals surface area contributed by atoms with Gasteiger partial charge < -0.3 is 4.79 Å². The molecule has 0 bridgehead atoms. The maximum Gasteiger partial charge on any atom is 0.123 e. The van der Waals surface area contributed by atoms with Crippen molar-refractivity contribution < 1.29 is 4.79 Å². The summed E-state index contributed by atoms with van der Waals surface area (Å²) in [4.78, 5) is 13.4. The first kappa shape index (κ1) is 10.5. The van der Waals surface area contributed by atoms with E-state index in [2.05, 4.69) is 32.9 Å². The number of aryl methyl sites for hydroxylation is 1. The van der Waals surface area contributed by atoms with Gasteiger partial charge in [-0.15, -0.1) is 11.3 Å². The number of thiophene rings is 1. The summed E-state index contributed by atoms with van der Waals surface area (Å²) in [5.74, 6) is 0.623. The summed E-state index contributed by atoms with van der Waals surface area (Å²) >= 11 is 1.79. The van der Waals surface area contributed by atoms with Crippen molar-refractivity contribution in [2.24, 2.45) is 11.8 Å². The molecule has 0 amide bonds. The Bertz CT molecular complexity index is 275. The van der Waals surface area contributed by atoms with Gasteiger partial charge in [-0.1, -0.05) is 13.8 Å². The maximum absolute atomic E-state index is 10.8. The van der Waals surface area contributed by atoms with Gasteiger partial charge >= 0.3 is 0 Å². The molecule has 0 aliphatic heterocycles. The van der Waals surface area contributed by atoms with Gasteiger partial charge in [-0.3, -0.25) is 0 Å². The van der Waals surface area contributed by atoms with E-state index in [1.807, 2.05) is 0 Å². The molecule has 0 fully saturated rings. The van der Waals surface area contributed by atoms with Gasteiger partial charge in [0.15, 0.2) is 0 Å². The molecule has 1 aromatic rings. The lowest BCUT2D eigenvalue weighted by molar-refractivity contribution is -0.112. The van der Waals surface area contributed by atoms with Crippen LogP contribution >= 0.6 is 11.3 Å². The van der Waals surface area contributed by atoms with Crippen molar-refractivity contribution in [3.8, 4) is 0 Å². The quantitative estimate of drug-likeness (QED) is 0.676. The van der Waals surface area contributed by atoms with Crippen molar-refractivity contribution in [1.82, 2.24) is 0 Å². The molecule has 0 radical (unpaired) electrons. The lowest BCUT2D eigenvalue weighted by atomic mass is 9.93. The van der Waals surface area contributed by atoms with E-state index in [4.69, 9.17) is 0 Å². The summed E-state index contributed by atoms with van der Waals surface area (Å²) < 4.78 is 0. The monoisotopic (exact) mass is 196 g/mol. The number of aldehydes is 1. The van der Waals surface area contributed by atoms with E-state index in [-0.39, 0.29) is 5.92 Å². The van der Waals surface area contributed by atoms with Gasteiger partial charge in [0.25, 0.3) is 0 Å². The highest BCUT2D eigenvalue weighted by Crippen LogP contribution is 2.21. The fourth-order valence-corrected chi connectivity index (χ4v) is 2.23. The van der Waals surface area contributed by atoms with Crippen LogP contribution in [0.3, 0.4) is 0 Å². The van der Waals surface area contributed by atoms with E-state index < -0.39 is 0 Å². The number of carbonyl (C=O) groups is 1. The third kappa shape index (κ3) is 2.96. The van der Waals surface area contributed by atoms with Crippen molar-refractivity contribution in [1.29, 1.82) is 0 Å². The third-order valence-electron chi connectivity index (χ3n) is 2.26. The molecule has 0 saturated heterocycles. The molecule has 2 heteroatoms. The van der Waals surface area contributed by atoms with Crippen molar-refractivity contribution >= 4 is 17.6 Å². The van der Waals surface area contributed by atoms with E-state index in [0.29, 0.717) is 5.92 Å². The molecule has 1 unspecified atom stereocenters. The topological polar surface area (TPSA) is 17.1 Å². The second-order valence-corrected chi connectivity index (χ2v) is 5.13. The molecule has 1 heterocycles. The molecule has 13 heavy (non-hydrogen) atoms. The summed E-state index contributed by atoms with van der Waals surface area (Å²) in [6, 6.07) is 4.24. The summed E-state index contributed by atoms with van der Waals surface area (Å²) in [6.07, 6.45) is 1.99. The van der Waals surface area contributed by atoms with Crippen LogP contribution in [-0.2, 0) is 11.2 Å². The molecule has 72 valence electrons. The predicted molar refractivity (Wildman–Crippen MR) is 57.2 cm³/mol. The van der Waals surface area contributed by atoms with Gasteiger partial charge in [-0.2, -0.15) is 0 Å². The van der Waals surface area contributed by atoms with Gasteiger partial charge in [0.2, 0.25) is 0 Å². The van der Waals surface area contributed by atoms with Gasteiger partial charge in [-0.25, -0.2) is 0 Å². The predicted octanol–water partition coefficient (Wildman–Crippen LogP) is 3.07. The normalized spacial score (nSPS) is 13.2. The van der Waals surface area contributed by atoms with Crippen molar-refractivity contribution in [3.63, 3.8) is 0 Å². The molecule has 0 spiro atoms. The van der Waals surface area contributed by atoms with Crippen molar-refractivity contribution in [2.75, 3.05) is 0 Å². The molecular weight excluding hydrogens is 180 g/mol. The van der Waals surface area contributed by atoms with Gasteiger partial charge in [0.05, 0.1) is 0 Å². The van der Waals surface area contributed by atoms with E-state index in [0.717, 1.165) is 12.7 Å². The fraction of sp³-hybridized carbons (Fsp3) is 0.545. The van der Waals surface area contributed by atoms with E-state index in [1.54, 1.807) is 11.3 Å². The zero-order chi connectivity index (χ0) is 9.84. The molecule has 0 N–H and O–H groups in total. The minimum Gasteiger partial charge on any atom is -0.303 e. The van der Waals surface area contributed by atoms with Gasteiger partial charge in [0.1, 0.15) is 6.29 Å². The Hall–Kier alpha value is -0.630. The Kier molecular flexibility index (Phi) is 3.67. The zero-order valence-corrected chi connectivity index (χ0v) is 9.23. The standard InChI is InChI=1S/C11H16OS/c1-8(2)10(7-12)6-11-5-4-9(3)13-11/h4-5,7-8,10H,6H2,1-3H3. The van der Waals surface area contributed by atoms with Crippen LogP contribution in [0.5, 0.6) is 0 Å². The smallest absolute Gasteiger partial charge is 0.123 e. The van der Waals surface area contributed by atoms with Crippen LogP contribution < -0.4 is 0 Å². The fourth-order valence-electron chi connectivity index (χ4n) is 1.27. The maximum atomic E-state index is 10.8. The second kappa shape index (κ2) is 4.56. The van der Waals surface area contributed by atoms with Gasteiger partial charge in [-0.05, 0) is 31.4 Å². The first-order valence-electron chi connectivity index (χ1n) is 4.64. The Morgan fingerprint density at radius 2 is 2.15 bits per heavy atom. The van der Waals surface area contributed by atoms with Gasteiger partial charge in [0, 0.05) is 15.7 Å². The molecule has 1 rings (SSSR count). The van der Waals surface area contributed by atoms with Crippen LogP contribution in [0.4, 0.5) is 0 Å². The van der Waals surface area contributed by atoms with Crippen molar-refractivity contribution in [3.05, 3.63) is 21.9 Å². The zero-order valence-electron chi connectivity index (χ0n) is 8.41. The molecule has 0 saturated carbocycles. The summed E-state index contributed by atoms with van der Waals surface area (Å²) in [5.41, 5.74) is 0. The molecule has 1 nitrogen and oxygen atoms in total. The summed E-state index contributed by atoms with van der Waals surface area (Å²) in [7, 11) is 0. The SMILES string of the molecule is Cc1ccc(CC(C=O)C(C)C)s1. The van der Waals surface area contributed by atoms with Crippen LogP contribution in [0.2, 0.25) is 0 Å². The molecule has 0 aliphatic carbocycles. The average Bonchev–Trinajstić information content (AvgIpc) is 2.46. The van der Waals surface area contributed by atoms with Crippen molar-refractivity contribution in [2.45, 2.75) is 27.2 Å². The lowest BCUT2D eigenvalue weighted by Gasteiger charge is -2.12.